The molecule has 0 aromatic carbocycles. The van der Waals surface area contributed by atoms with Gasteiger partial charge in [-0.3, -0.25) is 4.79 Å². The number of amides is 1. The first-order valence-electron chi connectivity index (χ1n) is 14.2. The Bertz CT molecular complexity index is 359. The van der Waals surface area contributed by atoms with Crippen LogP contribution in [0.5, 0.6) is 0 Å². The number of rotatable bonds is 25. The third-order valence-electron chi connectivity index (χ3n) is 6.40. The third-order valence-corrected chi connectivity index (χ3v) is 6.40. The Hall–Kier alpha value is -0.570. The minimum absolute atomic E-state index is 0.139. The van der Waals surface area contributed by atoms with Gasteiger partial charge in [0, 0.05) is 13.0 Å². The van der Waals surface area contributed by atoms with Crippen LogP contribution in [-0.2, 0) is 4.79 Å². The maximum absolute atomic E-state index is 11.4. The van der Waals surface area contributed by atoms with Crippen molar-refractivity contribution in [1.82, 2.24) is 5.32 Å². The molecule has 0 aliphatic heterocycles. The zero-order chi connectivity index (χ0) is 22.8. The molecule has 3 nitrogen and oxygen atoms in total. The van der Waals surface area contributed by atoms with Crippen molar-refractivity contribution in [2.75, 3.05) is 6.54 Å². The molecule has 0 rings (SSSR count). The van der Waals surface area contributed by atoms with Crippen LogP contribution in [0.3, 0.4) is 0 Å². The topological polar surface area (TPSA) is 49.3 Å². The molecule has 0 bridgehead atoms. The van der Waals surface area contributed by atoms with Gasteiger partial charge >= 0.3 is 0 Å². The highest BCUT2D eigenvalue weighted by Gasteiger charge is 2.05. The van der Waals surface area contributed by atoms with Crippen molar-refractivity contribution < 1.29 is 9.90 Å². The zero-order valence-corrected chi connectivity index (χ0v) is 21.4. The summed E-state index contributed by atoms with van der Waals surface area (Å²) < 4.78 is 0. The first-order chi connectivity index (χ1) is 15.2. The van der Waals surface area contributed by atoms with Gasteiger partial charge in [0.05, 0.1) is 6.10 Å². The summed E-state index contributed by atoms with van der Waals surface area (Å²) in [6.45, 7) is 5.01. The van der Waals surface area contributed by atoms with Crippen LogP contribution in [0.15, 0.2) is 0 Å². The third kappa shape index (κ3) is 25.6. The smallest absolute Gasteiger partial charge is 0.219 e. The number of carbonyl (C=O) groups excluding carboxylic acids is 1. The highest BCUT2D eigenvalue weighted by molar-refractivity contribution is 5.75. The molecule has 186 valence electrons. The Labute approximate surface area is 195 Å². The number of hydrogen-bond acceptors (Lipinski definition) is 2. The summed E-state index contributed by atoms with van der Waals surface area (Å²) in [6.07, 6.45) is 29.0. The molecule has 0 spiro atoms. The maximum atomic E-state index is 11.4. The van der Waals surface area contributed by atoms with Crippen molar-refractivity contribution in [3.05, 3.63) is 0 Å². The standard InChI is InChI=1S/C28H57NO2/c1-3-5-6-7-8-9-10-11-12-13-14-15-16-17-18-19-20-21-24-27(30)25-22-26-29-28(31)23-4-2/h27,30H,3-26H2,1-2H3,(H,29,31). The monoisotopic (exact) mass is 439 g/mol. The van der Waals surface area contributed by atoms with Crippen LogP contribution in [-0.4, -0.2) is 23.7 Å². The molecular weight excluding hydrogens is 382 g/mol. The molecule has 2 N–H and O–H groups in total. The van der Waals surface area contributed by atoms with Crippen molar-refractivity contribution in [2.24, 2.45) is 0 Å². The Kier molecular flexibility index (Phi) is 25.2. The molecule has 0 fully saturated rings. The van der Waals surface area contributed by atoms with E-state index in [1.54, 1.807) is 0 Å². The Morgan fingerprint density at radius 1 is 0.581 bits per heavy atom. The van der Waals surface area contributed by atoms with E-state index in [9.17, 15) is 9.90 Å². The fraction of sp³-hybridized carbons (Fsp3) is 0.964. The molecule has 0 saturated carbocycles. The molecule has 0 radical (unpaired) electrons. The van der Waals surface area contributed by atoms with Crippen LogP contribution in [0.2, 0.25) is 0 Å². The molecule has 0 aliphatic carbocycles. The number of aliphatic hydroxyl groups is 1. The average Bonchev–Trinajstić information content (AvgIpc) is 2.76. The van der Waals surface area contributed by atoms with E-state index in [4.69, 9.17) is 0 Å². The molecule has 31 heavy (non-hydrogen) atoms. The molecule has 0 aromatic rings. The van der Waals surface area contributed by atoms with E-state index in [-0.39, 0.29) is 12.0 Å². The fourth-order valence-electron chi connectivity index (χ4n) is 4.31. The largest absolute Gasteiger partial charge is 0.393 e. The quantitative estimate of drug-likeness (QED) is 0.140. The van der Waals surface area contributed by atoms with Crippen LogP contribution >= 0.6 is 0 Å². The van der Waals surface area contributed by atoms with Crippen LogP contribution in [0.1, 0.15) is 162 Å². The summed E-state index contributed by atoms with van der Waals surface area (Å²) in [6, 6.07) is 0. The summed E-state index contributed by atoms with van der Waals surface area (Å²) in [5.74, 6) is 0.139. The second-order valence-corrected chi connectivity index (χ2v) is 9.70. The van der Waals surface area contributed by atoms with E-state index >= 15 is 0 Å². The predicted octanol–water partition coefficient (Wildman–Crippen LogP) is 8.48. The van der Waals surface area contributed by atoms with Gasteiger partial charge in [0.2, 0.25) is 5.91 Å². The minimum atomic E-state index is -0.191. The predicted molar refractivity (Wildman–Crippen MR) is 137 cm³/mol. The van der Waals surface area contributed by atoms with Gasteiger partial charge in [-0.15, -0.1) is 0 Å². The molecule has 0 heterocycles. The lowest BCUT2D eigenvalue weighted by molar-refractivity contribution is -0.121. The SMILES string of the molecule is CCCCCCCCCCCCCCCCCCCCC(O)CCCNC(=O)CCC. The Balaban J connectivity index is 3.15. The van der Waals surface area contributed by atoms with Crippen molar-refractivity contribution >= 4 is 5.91 Å². The first-order valence-corrected chi connectivity index (χ1v) is 14.2. The summed E-state index contributed by atoms with van der Waals surface area (Å²) in [5.41, 5.74) is 0. The highest BCUT2D eigenvalue weighted by atomic mass is 16.3. The van der Waals surface area contributed by atoms with Crippen LogP contribution in [0.4, 0.5) is 0 Å². The van der Waals surface area contributed by atoms with Crippen LogP contribution in [0.25, 0.3) is 0 Å². The van der Waals surface area contributed by atoms with Crippen molar-refractivity contribution in [2.45, 2.75) is 168 Å². The lowest BCUT2D eigenvalue weighted by atomic mass is 10.0. The van der Waals surface area contributed by atoms with Crippen LogP contribution < -0.4 is 5.32 Å². The van der Waals surface area contributed by atoms with Gasteiger partial charge in [0.1, 0.15) is 0 Å². The highest BCUT2D eigenvalue weighted by Crippen LogP contribution is 2.15. The average molecular weight is 440 g/mol. The van der Waals surface area contributed by atoms with Gasteiger partial charge in [-0.1, -0.05) is 129 Å². The van der Waals surface area contributed by atoms with E-state index in [1.807, 2.05) is 6.92 Å². The van der Waals surface area contributed by atoms with Gasteiger partial charge in [0.15, 0.2) is 0 Å². The van der Waals surface area contributed by atoms with Gasteiger partial charge in [-0.05, 0) is 25.7 Å². The van der Waals surface area contributed by atoms with Gasteiger partial charge in [-0.2, -0.15) is 0 Å². The molecule has 3 heteroatoms. The number of nitrogens with one attached hydrogen (secondary N) is 1. The minimum Gasteiger partial charge on any atom is -0.393 e. The molecule has 1 unspecified atom stereocenters. The Morgan fingerprint density at radius 2 is 0.968 bits per heavy atom. The van der Waals surface area contributed by atoms with Crippen LogP contribution in [0, 0.1) is 0 Å². The second-order valence-electron chi connectivity index (χ2n) is 9.70. The zero-order valence-electron chi connectivity index (χ0n) is 21.4. The number of aliphatic hydroxyl groups excluding tert-OH is 1. The van der Waals surface area contributed by atoms with Gasteiger partial charge < -0.3 is 10.4 Å². The summed E-state index contributed by atoms with van der Waals surface area (Å²) in [4.78, 5) is 11.4. The normalized spacial score (nSPS) is 12.2. The lowest BCUT2D eigenvalue weighted by Gasteiger charge is -2.11. The first kappa shape index (κ1) is 30.4. The maximum Gasteiger partial charge on any atom is 0.219 e. The molecule has 0 saturated heterocycles. The van der Waals surface area contributed by atoms with Crippen molar-refractivity contribution in [3.63, 3.8) is 0 Å². The van der Waals surface area contributed by atoms with E-state index in [2.05, 4.69) is 12.2 Å². The van der Waals surface area contributed by atoms with Gasteiger partial charge in [-0.25, -0.2) is 0 Å². The number of carbonyl (C=O) groups is 1. The van der Waals surface area contributed by atoms with Gasteiger partial charge in [0.25, 0.3) is 0 Å². The van der Waals surface area contributed by atoms with E-state index < -0.39 is 0 Å². The molecule has 0 aliphatic rings. The van der Waals surface area contributed by atoms with E-state index in [0.717, 1.165) is 32.1 Å². The van der Waals surface area contributed by atoms with E-state index in [0.29, 0.717) is 13.0 Å². The summed E-state index contributed by atoms with van der Waals surface area (Å²) >= 11 is 0. The molecular formula is C28H57NO2. The van der Waals surface area contributed by atoms with E-state index in [1.165, 1.54) is 109 Å². The molecule has 1 atom stereocenters. The number of unbranched alkanes of at least 4 members (excludes halogenated alkanes) is 17. The molecule has 0 aromatic heterocycles. The summed E-state index contributed by atoms with van der Waals surface area (Å²) in [7, 11) is 0. The number of hydrogen-bond donors (Lipinski definition) is 2. The fourth-order valence-corrected chi connectivity index (χ4v) is 4.31. The van der Waals surface area contributed by atoms with Crippen molar-refractivity contribution in [1.29, 1.82) is 0 Å². The van der Waals surface area contributed by atoms with Crippen molar-refractivity contribution in [3.8, 4) is 0 Å². The summed E-state index contributed by atoms with van der Waals surface area (Å²) in [5, 5.41) is 13.0. The second kappa shape index (κ2) is 25.7. The Morgan fingerprint density at radius 3 is 1.39 bits per heavy atom. The molecule has 1 amide bonds. The lowest BCUT2D eigenvalue weighted by Crippen LogP contribution is -2.24.